The molecule has 0 bridgehead atoms. The fraction of sp³-hybridized carbons (Fsp3) is 0.480. The molecule has 0 heterocycles. The first-order valence-electron chi connectivity index (χ1n) is 10.5. The summed E-state index contributed by atoms with van der Waals surface area (Å²) in [6.45, 7) is 9.43. The normalized spacial score (nSPS) is 12.0. The minimum absolute atomic E-state index is 0.0905. The number of amides is 1. The minimum atomic E-state index is -0.0905. The zero-order chi connectivity index (χ0) is 22.2. The van der Waals surface area contributed by atoms with Crippen molar-refractivity contribution in [2.24, 2.45) is 0 Å². The van der Waals surface area contributed by atoms with Crippen LogP contribution in [-0.4, -0.2) is 31.9 Å². The van der Waals surface area contributed by atoms with Gasteiger partial charge in [-0.3, -0.25) is 4.79 Å². The van der Waals surface area contributed by atoms with Crippen LogP contribution in [-0.2, 0) is 9.78 Å². The van der Waals surface area contributed by atoms with Crippen LogP contribution in [0.15, 0.2) is 64.1 Å². The third kappa shape index (κ3) is 12.0. The first-order chi connectivity index (χ1) is 14.4. The van der Waals surface area contributed by atoms with E-state index in [-0.39, 0.29) is 5.91 Å². The van der Waals surface area contributed by atoms with E-state index in [1.165, 1.54) is 23.8 Å². The average Bonchev–Trinajstić information content (AvgIpc) is 2.71. The van der Waals surface area contributed by atoms with Crippen molar-refractivity contribution in [3.05, 3.63) is 64.8 Å². The molecule has 0 aliphatic rings. The van der Waals surface area contributed by atoms with E-state index in [1.54, 1.807) is 11.8 Å². The van der Waals surface area contributed by atoms with Crippen molar-refractivity contribution >= 4 is 17.7 Å². The van der Waals surface area contributed by atoms with Gasteiger partial charge < -0.3 is 5.32 Å². The van der Waals surface area contributed by atoms with Crippen molar-refractivity contribution in [3.8, 4) is 0 Å². The van der Waals surface area contributed by atoms with Crippen LogP contribution < -0.4 is 5.32 Å². The molecule has 166 valence electrons. The SMILES string of the molecule is COOCCNC(=O)c1ccccc1SCC=C(C)CCC=C(C)CCC=C(C)C. The Labute approximate surface area is 186 Å². The molecule has 1 rings (SSSR count). The molecule has 1 aromatic rings. The van der Waals surface area contributed by atoms with Gasteiger partial charge in [-0.1, -0.05) is 47.1 Å². The maximum absolute atomic E-state index is 12.4. The number of rotatable bonds is 14. The van der Waals surface area contributed by atoms with Crippen molar-refractivity contribution in [2.45, 2.75) is 58.3 Å². The van der Waals surface area contributed by atoms with E-state index in [2.05, 4.69) is 56.1 Å². The van der Waals surface area contributed by atoms with E-state index in [0.717, 1.165) is 36.3 Å². The minimum Gasteiger partial charge on any atom is -0.350 e. The van der Waals surface area contributed by atoms with Gasteiger partial charge in [-0.2, -0.15) is 0 Å². The standard InChI is InChI=1S/C25H37NO3S/c1-20(2)10-8-11-21(3)12-9-13-22(4)16-19-30-24-15-7-6-14-23(24)25(27)26-17-18-29-28-5/h6-7,10,12,14-16H,8-9,11,13,17-19H2,1-5H3,(H,26,27). The number of carbonyl (C=O) groups is 1. The lowest BCUT2D eigenvalue weighted by atomic mass is 10.1. The van der Waals surface area contributed by atoms with Gasteiger partial charge in [0.2, 0.25) is 0 Å². The lowest BCUT2D eigenvalue weighted by Crippen LogP contribution is -2.27. The molecule has 0 unspecified atom stereocenters. The van der Waals surface area contributed by atoms with Gasteiger partial charge in [0.05, 0.1) is 19.3 Å². The summed E-state index contributed by atoms with van der Waals surface area (Å²) in [6.07, 6.45) is 11.3. The monoisotopic (exact) mass is 431 g/mol. The zero-order valence-electron chi connectivity index (χ0n) is 19.1. The van der Waals surface area contributed by atoms with E-state index in [4.69, 9.17) is 4.89 Å². The van der Waals surface area contributed by atoms with Crippen LogP contribution in [0.1, 0.15) is 63.7 Å². The largest absolute Gasteiger partial charge is 0.350 e. The maximum Gasteiger partial charge on any atom is 0.252 e. The molecule has 0 saturated carbocycles. The molecule has 30 heavy (non-hydrogen) atoms. The number of hydrogen-bond acceptors (Lipinski definition) is 4. The molecule has 0 fully saturated rings. The Kier molecular flexibility index (Phi) is 13.9. The summed E-state index contributed by atoms with van der Waals surface area (Å²) in [5, 5.41) is 2.85. The highest BCUT2D eigenvalue weighted by Gasteiger charge is 2.10. The molecule has 0 aliphatic carbocycles. The van der Waals surface area contributed by atoms with Crippen molar-refractivity contribution in [1.82, 2.24) is 5.32 Å². The van der Waals surface area contributed by atoms with Gasteiger partial charge in [0.25, 0.3) is 5.91 Å². The average molecular weight is 432 g/mol. The first kappa shape index (κ1) is 26.2. The second-order valence-electron chi connectivity index (χ2n) is 7.51. The molecule has 0 atom stereocenters. The molecule has 1 aromatic carbocycles. The molecule has 1 amide bonds. The van der Waals surface area contributed by atoms with Crippen LogP contribution in [0.2, 0.25) is 0 Å². The molecule has 4 nitrogen and oxygen atoms in total. The summed E-state index contributed by atoms with van der Waals surface area (Å²) in [4.78, 5) is 22.7. The van der Waals surface area contributed by atoms with Crippen LogP contribution in [0.4, 0.5) is 0 Å². The van der Waals surface area contributed by atoms with Crippen molar-refractivity contribution < 1.29 is 14.6 Å². The fourth-order valence-corrected chi connectivity index (χ4v) is 3.82. The van der Waals surface area contributed by atoms with E-state index >= 15 is 0 Å². The second-order valence-corrected chi connectivity index (χ2v) is 8.57. The Morgan fingerprint density at radius 1 is 1.00 bits per heavy atom. The third-order valence-electron chi connectivity index (χ3n) is 4.51. The van der Waals surface area contributed by atoms with Crippen LogP contribution in [0, 0.1) is 0 Å². The molecule has 0 radical (unpaired) electrons. The van der Waals surface area contributed by atoms with Gasteiger partial charge in [-0.15, -0.1) is 11.8 Å². The van der Waals surface area contributed by atoms with Crippen LogP contribution in [0.5, 0.6) is 0 Å². The third-order valence-corrected chi connectivity index (χ3v) is 5.51. The van der Waals surface area contributed by atoms with E-state index in [1.807, 2.05) is 24.3 Å². The van der Waals surface area contributed by atoms with Crippen LogP contribution in [0.25, 0.3) is 0 Å². The van der Waals surface area contributed by atoms with Crippen LogP contribution in [0.3, 0.4) is 0 Å². The van der Waals surface area contributed by atoms with Crippen molar-refractivity contribution in [2.75, 3.05) is 26.0 Å². The Morgan fingerprint density at radius 3 is 2.37 bits per heavy atom. The Bertz CT molecular complexity index is 734. The summed E-state index contributed by atoms with van der Waals surface area (Å²) in [5.74, 6) is 0.763. The highest BCUT2D eigenvalue weighted by atomic mass is 32.2. The van der Waals surface area contributed by atoms with Gasteiger partial charge >= 0.3 is 0 Å². The fourth-order valence-electron chi connectivity index (χ4n) is 2.78. The number of thioether (sulfide) groups is 1. The first-order valence-corrected chi connectivity index (χ1v) is 11.5. The lowest BCUT2D eigenvalue weighted by molar-refractivity contribution is -0.270. The summed E-state index contributed by atoms with van der Waals surface area (Å²) >= 11 is 1.69. The highest BCUT2D eigenvalue weighted by molar-refractivity contribution is 7.99. The van der Waals surface area contributed by atoms with E-state index in [9.17, 15) is 4.79 Å². The number of carbonyl (C=O) groups excluding carboxylic acids is 1. The van der Waals surface area contributed by atoms with Crippen molar-refractivity contribution in [1.29, 1.82) is 0 Å². The van der Waals surface area contributed by atoms with Crippen molar-refractivity contribution in [3.63, 3.8) is 0 Å². The lowest BCUT2D eigenvalue weighted by Gasteiger charge is -2.09. The number of nitrogens with one attached hydrogen (secondary N) is 1. The summed E-state index contributed by atoms with van der Waals surface area (Å²) in [7, 11) is 1.45. The number of benzene rings is 1. The number of hydrogen-bond donors (Lipinski definition) is 1. The number of allylic oxidation sites excluding steroid dienone is 5. The van der Waals surface area contributed by atoms with Gasteiger partial charge in [-0.05, 0) is 65.5 Å². The molecule has 0 aliphatic heterocycles. The molecular formula is C25H37NO3S. The summed E-state index contributed by atoms with van der Waals surface area (Å²) < 4.78 is 0. The predicted molar refractivity (Wildman–Crippen MR) is 128 cm³/mol. The molecule has 0 spiro atoms. The summed E-state index contributed by atoms with van der Waals surface area (Å²) in [5.41, 5.74) is 4.93. The van der Waals surface area contributed by atoms with Gasteiger partial charge in [0.15, 0.2) is 0 Å². The van der Waals surface area contributed by atoms with E-state index < -0.39 is 0 Å². The molecule has 1 N–H and O–H groups in total. The topological polar surface area (TPSA) is 47.6 Å². The quantitative estimate of drug-likeness (QED) is 0.120. The molecular weight excluding hydrogens is 394 g/mol. The smallest absolute Gasteiger partial charge is 0.252 e. The van der Waals surface area contributed by atoms with E-state index in [0.29, 0.717) is 18.7 Å². The second kappa shape index (κ2) is 15.9. The zero-order valence-corrected chi connectivity index (χ0v) is 19.9. The summed E-state index contributed by atoms with van der Waals surface area (Å²) in [6, 6.07) is 7.70. The van der Waals surface area contributed by atoms with Gasteiger partial charge in [0, 0.05) is 17.2 Å². The van der Waals surface area contributed by atoms with Gasteiger partial charge in [-0.25, -0.2) is 9.78 Å². The Balaban J connectivity index is 2.45. The molecule has 0 saturated heterocycles. The molecule has 0 aromatic heterocycles. The Morgan fingerprint density at radius 2 is 1.67 bits per heavy atom. The molecule has 5 heteroatoms. The maximum atomic E-state index is 12.4. The Hall–Kier alpha value is -1.82. The van der Waals surface area contributed by atoms with Gasteiger partial charge in [0.1, 0.15) is 0 Å². The highest BCUT2D eigenvalue weighted by Crippen LogP contribution is 2.23. The predicted octanol–water partition coefficient (Wildman–Crippen LogP) is 6.51. The van der Waals surface area contributed by atoms with Crippen LogP contribution >= 0.6 is 11.8 Å².